The number of anilines is 2. The summed E-state index contributed by atoms with van der Waals surface area (Å²) < 4.78 is 0. The third-order valence-electron chi connectivity index (χ3n) is 1.95. The molecule has 6 nitrogen and oxygen atoms in total. The first kappa shape index (κ1) is 12.3. The Hall–Kier alpha value is -1.82. The summed E-state index contributed by atoms with van der Waals surface area (Å²) in [6.07, 6.45) is 0. The molecule has 0 fully saturated rings. The Bertz CT molecular complexity index is 399. The van der Waals surface area contributed by atoms with Crippen molar-refractivity contribution < 1.29 is 10.0 Å². The Morgan fingerprint density at radius 1 is 1.56 bits per heavy atom. The lowest BCUT2D eigenvalue weighted by Gasteiger charge is -2.18. The van der Waals surface area contributed by atoms with E-state index in [1.165, 1.54) is 12.1 Å². The molecule has 0 aliphatic heterocycles. The molecule has 1 aromatic carbocycles. The topological polar surface area (TPSA) is 101 Å². The maximum Gasteiger partial charge on any atom is 0.292 e. The summed E-state index contributed by atoms with van der Waals surface area (Å²) in [5, 5.41) is 22.9. The summed E-state index contributed by atoms with van der Waals surface area (Å²) in [6, 6.07) is 4.37. The fourth-order valence-electron chi connectivity index (χ4n) is 1.15. The van der Waals surface area contributed by atoms with Crippen molar-refractivity contribution in [2.45, 2.75) is 19.4 Å². The lowest BCUT2D eigenvalue weighted by Crippen LogP contribution is -2.29. The van der Waals surface area contributed by atoms with Gasteiger partial charge in [-0.2, -0.15) is 0 Å². The molecule has 88 valence electrons. The van der Waals surface area contributed by atoms with E-state index in [1.807, 2.05) is 0 Å². The first-order valence-corrected chi connectivity index (χ1v) is 4.80. The molecule has 1 rings (SSSR count). The predicted molar refractivity (Wildman–Crippen MR) is 62.3 cm³/mol. The molecule has 6 heteroatoms. The molecule has 0 heterocycles. The van der Waals surface area contributed by atoms with Gasteiger partial charge in [0, 0.05) is 18.3 Å². The number of nitro benzene ring substituents is 1. The van der Waals surface area contributed by atoms with Crippen LogP contribution in [-0.4, -0.2) is 22.2 Å². The summed E-state index contributed by atoms with van der Waals surface area (Å²) in [5.41, 5.74) is 5.30. The van der Waals surface area contributed by atoms with E-state index in [2.05, 4.69) is 5.32 Å². The molecule has 0 aliphatic carbocycles. The Morgan fingerprint density at radius 3 is 2.62 bits per heavy atom. The zero-order valence-corrected chi connectivity index (χ0v) is 9.23. The number of hydrogen-bond donors (Lipinski definition) is 3. The molecule has 0 saturated heterocycles. The van der Waals surface area contributed by atoms with E-state index in [4.69, 9.17) is 5.73 Å². The molecule has 1 aromatic rings. The number of aliphatic hydroxyl groups is 1. The highest BCUT2D eigenvalue weighted by molar-refractivity contribution is 5.65. The summed E-state index contributed by atoms with van der Waals surface area (Å²) in [4.78, 5) is 9.98. The number of benzene rings is 1. The Kier molecular flexibility index (Phi) is 3.34. The minimum Gasteiger partial charge on any atom is -0.393 e. The molecule has 16 heavy (non-hydrogen) atoms. The van der Waals surface area contributed by atoms with Crippen molar-refractivity contribution in [3.8, 4) is 0 Å². The van der Waals surface area contributed by atoms with Crippen LogP contribution in [0.3, 0.4) is 0 Å². The SMILES string of the molecule is CC(C)(O)CNc1ccc([N+](=O)[O-])c(N)c1. The average molecular weight is 225 g/mol. The van der Waals surface area contributed by atoms with Crippen LogP contribution in [0.5, 0.6) is 0 Å². The Labute approximate surface area is 93.2 Å². The van der Waals surface area contributed by atoms with Crippen LogP contribution < -0.4 is 11.1 Å². The molecular formula is C10H15N3O3. The second kappa shape index (κ2) is 4.36. The van der Waals surface area contributed by atoms with E-state index >= 15 is 0 Å². The molecular weight excluding hydrogens is 210 g/mol. The van der Waals surface area contributed by atoms with Crippen molar-refractivity contribution in [2.24, 2.45) is 0 Å². The van der Waals surface area contributed by atoms with Crippen molar-refractivity contribution in [1.29, 1.82) is 0 Å². The molecule has 0 spiro atoms. The van der Waals surface area contributed by atoms with Gasteiger partial charge in [-0.15, -0.1) is 0 Å². The number of nitrogens with zero attached hydrogens (tertiary/aromatic N) is 1. The first-order chi connectivity index (χ1) is 7.29. The molecule has 0 bridgehead atoms. The quantitative estimate of drug-likeness (QED) is 0.408. The average Bonchev–Trinajstić information content (AvgIpc) is 2.13. The fourth-order valence-corrected chi connectivity index (χ4v) is 1.15. The van der Waals surface area contributed by atoms with Gasteiger partial charge >= 0.3 is 0 Å². The third kappa shape index (κ3) is 3.39. The lowest BCUT2D eigenvalue weighted by atomic mass is 10.1. The lowest BCUT2D eigenvalue weighted by molar-refractivity contribution is -0.383. The van der Waals surface area contributed by atoms with Crippen molar-refractivity contribution in [3.63, 3.8) is 0 Å². The first-order valence-electron chi connectivity index (χ1n) is 4.80. The molecule has 0 aliphatic rings. The molecule has 0 saturated carbocycles. The van der Waals surface area contributed by atoms with E-state index in [-0.39, 0.29) is 11.4 Å². The van der Waals surface area contributed by atoms with E-state index < -0.39 is 10.5 Å². The molecule has 4 N–H and O–H groups in total. The highest BCUT2D eigenvalue weighted by atomic mass is 16.6. The van der Waals surface area contributed by atoms with Crippen molar-refractivity contribution >= 4 is 17.1 Å². The highest BCUT2D eigenvalue weighted by Crippen LogP contribution is 2.24. The van der Waals surface area contributed by atoms with Gasteiger partial charge in [-0.3, -0.25) is 10.1 Å². The number of nitro groups is 1. The zero-order chi connectivity index (χ0) is 12.3. The standard InChI is InChI=1S/C10H15N3O3/c1-10(2,14)6-12-7-3-4-9(13(15)16)8(11)5-7/h3-5,12,14H,6,11H2,1-2H3. The fraction of sp³-hybridized carbons (Fsp3) is 0.400. The third-order valence-corrected chi connectivity index (χ3v) is 1.95. The monoisotopic (exact) mass is 225 g/mol. The summed E-state index contributed by atoms with van der Waals surface area (Å²) in [6.45, 7) is 3.66. The summed E-state index contributed by atoms with van der Waals surface area (Å²) in [5.74, 6) is 0. The van der Waals surface area contributed by atoms with Gasteiger partial charge in [0.1, 0.15) is 5.69 Å². The minimum absolute atomic E-state index is 0.103. The molecule has 0 atom stereocenters. The number of nitrogens with two attached hydrogens (primary N) is 1. The molecule has 0 aromatic heterocycles. The van der Waals surface area contributed by atoms with Crippen LogP contribution in [-0.2, 0) is 0 Å². The second-order valence-electron chi connectivity index (χ2n) is 4.20. The zero-order valence-electron chi connectivity index (χ0n) is 9.23. The van der Waals surface area contributed by atoms with Gasteiger partial charge in [-0.1, -0.05) is 0 Å². The van der Waals surface area contributed by atoms with Crippen LogP contribution in [0.2, 0.25) is 0 Å². The summed E-state index contributed by atoms with van der Waals surface area (Å²) in [7, 11) is 0. The van der Waals surface area contributed by atoms with Crippen LogP contribution in [0.25, 0.3) is 0 Å². The Balaban J connectivity index is 2.78. The maximum absolute atomic E-state index is 10.5. The minimum atomic E-state index is -0.851. The largest absolute Gasteiger partial charge is 0.393 e. The van der Waals surface area contributed by atoms with Gasteiger partial charge < -0.3 is 16.2 Å². The van der Waals surface area contributed by atoms with Crippen LogP contribution in [0.15, 0.2) is 18.2 Å². The van der Waals surface area contributed by atoms with Crippen LogP contribution in [0.1, 0.15) is 13.8 Å². The smallest absolute Gasteiger partial charge is 0.292 e. The Morgan fingerprint density at radius 2 is 2.19 bits per heavy atom. The number of nitrogen functional groups attached to an aromatic ring is 1. The van der Waals surface area contributed by atoms with Crippen molar-refractivity contribution in [2.75, 3.05) is 17.6 Å². The number of rotatable bonds is 4. The van der Waals surface area contributed by atoms with Gasteiger partial charge in [-0.25, -0.2) is 0 Å². The van der Waals surface area contributed by atoms with E-state index in [9.17, 15) is 15.2 Å². The predicted octanol–water partition coefficient (Wildman–Crippen LogP) is 1.36. The van der Waals surface area contributed by atoms with Crippen LogP contribution >= 0.6 is 0 Å². The number of nitrogens with one attached hydrogen (secondary N) is 1. The van der Waals surface area contributed by atoms with Gasteiger partial charge in [0.05, 0.1) is 10.5 Å². The van der Waals surface area contributed by atoms with Crippen molar-refractivity contribution in [1.82, 2.24) is 0 Å². The van der Waals surface area contributed by atoms with E-state index in [0.717, 1.165) is 0 Å². The molecule has 0 radical (unpaired) electrons. The van der Waals surface area contributed by atoms with Gasteiger partial charge in [0.2, 0.25) is 0 Å². The van der Waals surface area contributed by atoms with Gasteiger partial charge in [0.25, 0.3) is 5.69 Å². The second-order valence-corrected chi connectivity index (χ2v) is 4.20. The maximum atomic E-state index is 10.5. The molecule has 0 unspecified atom stereocenters. The normalized spacial score (nSPS) is 11.2. The molecule has 0 amide bonds. The van der Waals surface area contributed by atoms with Gasteiger partial charge in [-0.05, 0) is 26.0 Å². The summed E-state index contributed by atoms with van der Waals surface area (Å²) >= 11 is 0. The van der Waals surface area contributed by atoms with Crippen LogP contribution in [0.4, 0.5) is 17.1 Å². The van der Waals surface area contributed by atoms with Gasteiger partial charge in [0.15, 0.2) is 0 Å². The van der Waals surface area contributed by atoms with E-state index in [0.29, 0.717) is 12.2 Å². The van der Waals surface area contributed by atoms with Crippen LogP contribution in [0, 0.1) is 10.1 Å². The van der Waals surface area contributed by atoms with Crippen molar-refractivity contribution in [3.05, 3.63) is 28.3 Å². The van der Waals surface area contributed by atoms with E-state index in [1.54, 1.807) is 19.9 Å². The number of hydrogen-bond acceptors (Lipinski definition) is 5. The highest BCUT2D eigenvalue weighted by Gasteiger charge is 2.14.